The van der Waals surface area contributed by atoms with Gasteiger partial charge in [-0.05, 0) is 50.4 Å². The Morgan fingerprint density at radius 3 is 2.67 bits per heavy atom. The molecule has 118 valence electrons. The molecule has 1 aromatic carbocycles. The van der Waals surface area contributed by atoms with E-state index >= 15 is 0 Å². The van der Waals surface area contributed by atoms with Crippen molar-refractivity contribution >= 4 is 11.6 Å². The Balaban J connectivity index is 2.01. The second-order valence-electron chi connectivity index (χ2n) is 6.08. The smallest absolute Gasteiger partial charge is 0.129 e. The van der Waals surface area contributed by atoms with Gasteiger partial charge in [0.1, 0.15) is 5.82 Å². The van der Waals surface area contributed by atoms with Gasteiger partial charge in [0.15, 0.2) is 0 Å². The van der Waals surface area contributed by atoms with Crippen LogP contribution >= 0.6 is 11.6 Å². The van der Waals surface area contributed by atoms with Crippen LogP contribution in [-0.4, -0.2) is 24.5 Å². The van der Waals surface area contributed by atoms with Crippen molar-refractivity contribution in [2.24, 2.45) is 11.7 Å². The summed E-state index contributed by atoms with van der Waals surface area (Å²) in [6.07, 6.45) is 7.55. The molecule has 0 spiro atoms. The topological polar surface area (TPSA) is 29.3 Å². The predicted molar refractivity (Wildman–Crippen MR) is 86.9 cm³/mol. The van der Waals surface area contributed by atoms with Gasteiger partial charge in [-0.25, -0.2) is 4.39 Å². The van der Waals surface area contributed by atoms with Gasteiger partial charge in [0.2, 0.25) is 0 Å². The maximum absolute atomic E-state index is 14.0. The second kappa shape index (κ2) is 8.72. The van der Waals surface area contributed by atoms with Crippen molar-refractivity contribution in [3.05, 3.63) is 34.6 Å². The Morgan fingerprint density at radius 1 is 1.24 bits per heavy atom. The summed E-state index contributed by atoms with van der Waals surface area (Å²) in [4.78, 5) is 2.33. The summed E-state index contributed by atoms with van der Waals surface area (Å²) in [6.45, 7) is 3.20. The predicted octanol–water partition coefficient (Wildman–Crippen LogP) is 4.21. The number of benzene rings is 1. The van der Waals surface area contributed by atoms with Crippen molar-refractivity contribution in [1.29, 1.82) is 0 Å². The SMILES string of the molecule is NCCCN(Cc1c(F)cccc1Cl)CC1CCCCC1. The first kappa shape index (κ1) is 16.7. The van der Waals surface area contributed by atoms with E-state index in [9.17, 15) is 4.39 Å². The molecule has 2 rings (SSSR count). The normalized spacial score (nSPS) is 16.6. The quantitative estimate of drug-likeness (QED) is 0.817. The van der Waals surface area contributed by atoms with Gasteiger partial charge in [-0.2, -0.15) is 0 Å². The van der Waals surface area contributed by atoms with Crippen LogP contribution < -0.4 is 5.73 Å². The van der Waals surface area contributed by atoms with Crippen LogP contribution in [0.4, 0.5) is 4.39 Å². The molecule has 0 amide bonds. The van der Waals surface area contributed by atoms with Crippen molar-refractivity contribution in [2.45, 2.75) is 45.1 Å². The molecule has 0 heterocycles. The summed E-state index contributed by atoms with van der Waals surface area (Å²) in [5.41, 5.74) is 6.25. The van der Waals surface area contributed by atoms with Crippen LogP contribution in [0.15, 0.2) is 18.2 Å². The zero-order valence-electron chi connectivity index (χ0n) is 12.7. The lowest BCUT2D eigenvalue weighted by molar-refractivity contribution is 0.191. The Labute approximate surface area is 132 Å². The van der Waals surface area contributed by atoms with E-state index in [1.807, 2.05) is 0 Å². The lowest BCUT2D eigenvalue weighted by Gasteiger charge is -2.30. The van der Waals surface area contributed by atoms with Gasteiger partial charge >= 0.3 is 0 Å². The van der Waals surface area contributed by atoms with Gasteiger partial charge in [-0.3, -0.25) is 4.90 Å². The zero-order valence-corrected chi connectivity index (χ0v) is 13.4. The number of nitrogens with two attached hydrogens (primary N) is 1. The maximum Gasteiger partial charge on any atom is 0.129 e. The largest absolute Gasteiger partial charge is 0.330 e. The molecule has 1 fully saturated rings. The summed E-state index contributed by atoms with van der Waals surface area (Å²) in [5, 5.41) is 0.524. The highest BCUT2D eigenvalue weighted by Crippen LogP contribution is 2.26. The van der Waals surface area contributed by atoms with Crippen LogP contribution in [0.5, 0.6) is 0 Å². The van der Waals surface area contributed by atoms with Crippen LogP contribution in [0.3, 0.4) is 0 Å². The standard InChI is InChI=1S/C17H26ClFN2/c18-16-8-4-9-17(19)15(16)13-21(11-5-10-20)12-14-6-2-1-3-7-14/h4,8-9,14H,1-3,5-7,10-13,20H2. The molecule has 0 aliphatic heterocycles. The van der Waals surface area contributed by atoms with Crippen molar-refractivity contribution in [3.63, 3.8) is 0 Å². The van der Waals surface area contributed by atoms with Gasteiger partial charge in [0.05, 0.1) is 0 Å². The van der Waals surface area contributed by atoms with E-state index in [1.165, 1.54) is 38.2 Å². The monoisotopic (exact) mass is 312 g/mol. The van der Waals surface area contributed by atoms with E-state index in [0.29, 0.717) is 23.7 Å². The highest BCUT2D eigenvalue weighted by atomic mass is 35.5. The lowest BCUT2D eigenvalue weighted by atomic mass is 9.89. The average Bonchev–Trinajstić information content (AvgIpc) is 2.49. The summed E-state index contributed by atoms with van der Waals surface area (Å²) < 4.78 is 14.0. The summed E-state index contributed by atoms with van der Waals surface area (Å²) in [7, 11) is 0. The molecule has 1 aliphatic carbocycles. The summed E-state index contributed by atoms with van der Waals surface area (Å²) in [6, 6.07) is 4.91. The number of hydrogen-bond donors (Lipinski definition) is 1. The van der Waals surface area contributed by atoms with E-state index < -0.39 is 0 Å². The minimum atomic E-state index is -0.205. The van der Waals surface area contributed by atoms with E-state index in [4.69, 9.17) is 17.3 Å². The number of hydrogen-bond acceptors (Lipinski definition) is 2. The molecule has 2 nitrogen and oxygen atoms in total. The number of nitrogens with zero attached hydrogens (tertiary/aromatic N) is 1. The molecule has 1 aromatic rings. The summed E-state index contributed by atoms with van der Waals surface area (Å²) in [5.74, 6) is 0.533. The van der Waals surface area contributed by atoms with Crippen LogP contribution in [-0.2, 0) is 6.54 Å². The molecule has 4 heteroatoms. The van der Waals surface area contributed by atoms with E-state index in [1.54, 1.807) is 12.1 Å². The molecule has 1 saturated carbocycles. The fourth-order valence-electron chi connectivity index (χ4n) is 3.19. The highest BCUT2D eigenvalue weighted by Gasteiger charge is 2.19. The molecule has 1 aliphatic rings. The molecule has 0 radical (unpaired) electrons. The van der Waals surface area contributed by atoms with E-state index in [2.05, 4.69) is 4.90 Å². The first-order valence-electron chi connectivity index (χ1n) is 8.06. The molecule has 21 heavy (non-hydrogen) atoms. The van der Waals surface area contributed by atoms with Crippen LogP contribution in [0.2, 0.25) is 5.02 Å². The Morgan fingerprint density at radius 2 is 2.00 bits per heavy atom. The number of halogens is 2. The first-order chi connectivity index (χ1) is 10.2. The Bertz CT molecular complexity index is 413. The molecular weight excluding hydrogens is 287 g/mol. The van der Waals surface area contributed by atoms with Gasteiger partial charge in [0.25, 0.3) is 0 Å². The first-order valence-corrected chi connectivity index (χ1v) is 8.44. The second-order valence-corrected chi connectivity index (χ2v) is 6.49. The Hall–Kier alpha value is -0.640. The number of rotatable bonds is 7. The third kappa shape index (κ3) is 5.24. The summed E-state index contributed by atoms with van der Waals surface area (Å²) >= 11 is 6.16. The van der Waals surface area contributed by atoms with Gasteiger partial charge in [0, 0.05) is 23.7 Å². The minimum Gasteiger partial charge on any atom is -0.330 e. The lowest BCUT2D eigenvalue weighted by Crippen LogP contribution is -2.32. The third-order valence-corrected chi connectivity index (χ3v) is 4.72. The van der Waals surface area contributed by atoms with E-state index in [-0.39, 0.29) is 5.82 Å². The van der Waals surface area contributed by atoms with Crippen molar-refractivity contribution in [3.8, 4) is 0 Å². The van der Waals surface area contributed by atoms with Gasteiger partial charge in [-0.15, -0.1) is 0 Å². The van der Waals surface area contributed by atoms with Gasteiger partial charge in [-0.1, -0.05) is 36.9 Å². The maximum atomic E-state index is 14.0. The molecule has 0 bridgehead atoms. The molecule has 0 aromatic heterocycles. The van der Waals surface area contributed by atoms with Crippen molar-refractivity contribution in [2.75, 3.05) is 19.6 Å². The fourth-order valence-corrected chi connectivity index (χ4v) is 3.41. The molecular formula is C17H26ClFN2. The average molecular weight is 313 g/mol. The highest BCUT2D eigenvalue weighted by molar-refractivity contribution is 6.31. The third-order valence-electron chi connectivity index (χ3n) is 4.36. The molecule has 0 saturated heterocycles. The molecule has 2 N–H and O–H groups in total. The van der Waals surface area contributed by atoms with Crippen LogP contribution in [0.1, 0.15) is 44.1 Å². The van der Waals surface area contributed by atoms with Crippen LogP contribution in [0.25, 0.3) is 0 Å². The van der Waals surface area contributed by atoms with Gasteiger partial charge < -0.3 is 5.73 Å². The molecule has 0 unspecified atom stereocenters. The minimum absolute atomic E-state index is 0.205. The zero-order chi connectivity index (χ0) is 15.1. The van der Waals surface area contributed by atoms with E-state index in [0.717, 1.165) is 25.4 Å². The van der Waals surface area contributed by atoms with Crippen molar-refractivity contribution < 1.29 is 4.39 Å². The van der Waals surface area contributed by atoms with Crippen molar-refractivity contribution in [1.82, 2.24) is 4.90 Å². The Kier molecular flexibility index (Phi) is 6.94. The fraction of sp³-hybridized carbons (Fsp3) is 0.647. The van der Waals surface area contributed by atoms with Crippen LogP contribution in [0, 0.1) is 11.7 Å². The molecule has 0 atom stereocenters.